The largest absolute Gasteiger partial charge is 0.482 e. The van der Waals surface area contributed by atoms with Crippen molar-refractivity contribution in [1.29, 1.82) is 0 Å². The minimum Gasteiger partial charge on any atom is -0.482 e. The van der Waals surface area contributed by atoms with Crippen molar-refractivity contribution in [2.24, 2.45) is 0 Å². The SMILES string of the molecule is O=C(c1cccnc1)N1CCC2(C=Cc3cc(-c4ccccc4)ccc3O2)CC1. The van der Waals surface area contributed by atoms with E-state index in [9.17, 15) is 4.79 Å². The van der Waals surface area contributed by atoms with Crippen LogP contribution in [0, 0.1) is 0 Å². The quantitative estimate of drug-likeness (QED) is 0.638. The Bertz CT molecular complexity index is 1050. The number of likely N-dealkylation sites (tertiary alicyclic amines) is 1. The first-order valence-corrected chi connectivity index (χ1v) is 10.00. The molecule has 4 nitrogen and oxygen atoms in total. The molecule has 0 atom stereocenters. The van der Waals surface area contributed by atoms with E-state index < -0.39 is 0 Å². The molecule has 2 aromatic carbocycles. The number of pyridine rings is 1. The van der Waals surface area contributed by atoms with E-state index in [0.717, 1.165) is 24.2 Å². The second-order valence-electron chi connectivity index (χ2n) is 7.65. The van der Waals surface area contributed by atoms with Gasteiger partial charge in [-0.1, -0.05) is 42.5 Å². The predicted octanol–water partition coefficient (Wildman–Crippen LogP) is 4.83. The van der Waals surface area contributed by atoms with E-state index in [2.05, 4.69) is 59.6 Å². The molecule has 3 heterocycles. The number of amides is 1. The van der Waals surface area contributed by atoms with Crippen molar-refractivity contribution in [3.8, 4) is 16.9 Å². The van der Waals surface area contributed by atoms with E-state index in [1.165, 1.54) is 11.1 Å². The van der Waals surface area contributed by atoms with E-state index in [-0.39, 0.29) is 11.5 Å². The molecule has 1 spiro atoms. The molecule has 29 heavy (non-hydrogen) atoms. The van der Waals surface area contributed by atoms with Gasteiger partial charge in [0.1, 0.15) is 11.4 Å². The van der Waals surface area contributed by atoms with Crippen LogP contribution in [-0.4, -0.2) is 34.5 Å². The fourth-order valence-electron chi connectivity index (χ4n) is 4.11. The summed E-state index contributed by atoms with van der Waals surface area (Å²) in [6.45, 7) is 1.35. The van der Waals surface area contributed by atoms with Gasteiger partial charge in [0.05, 0.1) is 5.56 Å². The lowest BCUT2D eigenvalue weighted by atomic mass is 9.87. The molecule has 0 saturated carbocycles. The highest BCUT2D eigenvalue weighted by molar-refractivity contribution is 5.94. The highest BCUT2D eigenvalue weighted by Crippen LogP contribution is 2.39. The number of aromatic nitrogens is 1. The standard InChI is InChI=1S/C25H22N2O2/c28-24(22-7-4-14-26-18-22)27-15-12-25(13-16-27)11-10-21-17-20(8-9-23(21)29-25)19-5-2-1-3-6-19/h1-11,14,17-18H,12-13,15-16H2. The Kier molecular flexibility index (Phi) is 4.39. The van der Waals surface area contributed by atoms with Crippen molar-refractivity contribution in [1.82, 2.24) is 9.88 Å². The molecule has 0 radical (unpaired) electrons. The Labute approximate surface area is 170 Å². The maximum absolute atomic E-state index is 12.7. The average molecular weight is 382 g/mol. The van der Waals surface area contributed by atoms with Gasteiger partial charge in [-0.2, -0.15) is 0 Å². The van der Waals surface area contributed by atoms with Gasteiger partial charge >= 0.3 is 0 Å². The highest BCUT2D eigenvalue weighted by Gasteiger charge is 2.38. The first kappa shape index (κ1) is 17.7. The van der Waals surface area contributed by atoms with Gasteiger partial charge in [0.15, 0.2) is 0 Å². The molecule has 1 aromatic heterocycles. The Balaban J connectivity index is 1.31. The second-order valence-corrected chi connectivity index (χ2v) is 7.65. The van der Waals surface area contributed by atoms with Crippen molar-refractivity contribution >= 4 is 12.0 Å². The summed E-state index contributed by atoms with van der Waals surface area (Å²) in [6, 6.07) is 20.3. The van der Waals surface area contributed by atoms with Crippen LogP contribution in [0.1, 0.15) is 28.8 Å². The summed E-state index contributed by atoms with van der Waals surface area (Å²) in [4.78, 5) is 18.6. The Hall–Kier alpha value is -3.40. The first-order valence-electron chi connectivity index (χ1n) is 10.00. The molecule has 0 aliphatic carbocycles. The van der Waals surface area contributed by atoms with Crippen LogP contribution in [-0.2, 0) is 0 Å². The third kappa shape index (κ3) is 3.42. The summed E-state index contributed by atoms with van der Waals surface area (Å²) in [5.74, 6) is 0.958. The Morgan fingerprint density at radius 3 is 2.55 bits per heavy atom. The minimum absolute atomic E-state index is 0.0423. The van der Waals surface area contributed by atoms with Crippen LogP contribution in [0.4, 0.5) is 0 Å². The lowest BCUT2D eigenvalue weighted by molar-refractivity contribution is 0.0329. The molecule has 0 N–H and O–H groups in total. The van der Waals surface area contributed by atoms with Crippen molar-refractivity contribution in [3.05, 3.63) is 90.3 Å². The number of hydrogen-bond donors (Lipinski definition) is 0. The summed E-state index contributed by atoms with van der Waals surface area (Å²) in [7, 11) is 0. The lowest BCUT2D eigenvalue weighted by Crippen LogP contribution is -2.49. The fraction of sp³-hybridized carbons (Fsp3) is 0.200. The molecular formula is C25H22N2O2. The van der Waals surface area contributed by atoms with Gasteiger partial charge < -0.3 is 9.64 Å². The van der Waals surface area contributed by atoms with E-state index in [0.29, 0.717) is 18.7 Å². The van der Waals surface area contributed by atoms with Crippen molar-refractivity contribution < 1.29 is 9.53 Å². The summed E-state index contributed by atoms with van der Waals surface area (Å²) < 4.78 is 6.45. The molecule has 2 aliphatic rings. The van der Waals surface area contributed by atoms with Crippen molar-refractivity contribution in [2.75, 3.05) is 13.1 Å². The normalized spacial score (nSPS) is 16.9. The van der Waals surface area contributed by atoms with Gasteiger partial charge in [-0.05, 0) is 41.5 Å². The average Bonchev–Trinajstić information content (AvgIpc) is 2.80. The number of hydrogen-bond acceptors (Lipinski definition) is 3. The van der Waals surface area contributed by atoms with Gasteiger partial charge in [0, 0.05) is 43.9 Å². The van der Waals surface area contributed by atoms with Crippen LogP contribution < -0.4 is 4.74 Å². The van der Waals surface area contributed by atoms with E-state index in [1.807, 2.05) is 17.0 Å². The fourth-order valence-corrected chi connectivity index (χ4v) is 4.11. The molecule has 3 aromatic rings. The number of fused-ring (bicyclic) bond motifs is 1. The zero-order valence-corrected chi connectivity index (χ0v) is 16.1. The number of carbonyl (C=O) groups is 1. The molecule has 4 heteroatoms. The molecule has 144 valence electrons. The number of rotatable bonds is 2. The van der Waals surface area contributed by atoms with Gasteiger partial charge in [0.2, 0.25) is 0 Å². The van der Waals surface area contributed by atoms with Crippen LogP contribution in [0.5, 0.6) is 5.75 Å². The Morgan fingerprint density at radius 1 is 0.966 bits per heavy atom. The topological polar surface area (TPSA) is 42.4 Å². The number of carbonyl (C=O) groups excluding carboxylic acids is 1. The molecule has 1 saturated heterocycles. The van der Waals surface area contributed by atoms with Crippen LogP contribution in [0.2, 0.25) is 0 Å². The van der Waals surface area contributed by atoms with Crippen LogP contribution in [0.3, 0.4) is 0 Å². The number of piperidine rings is 1. The Morgan fingerprint density at radius 2 is 1.79 bits per heavy atom. The molecule has 0 bridgehead atoms. The predicted molar refractivity (Wildman–Crippen MR) is 114 cm³/mol. The summed E-state index contributed by atoms with van der Waals surface area (Å²) >= 11 is 0. The lowest BCUT2D eigenvalue weighted by Gasteiger charge is -2.42. The molecular weight excluding hydrogens is 360 g/mol. The third-order valence-corrected chi connectivity index (χ3v) is 5.80. The monoisotopic (exact) mass is 382 g/mol. The van der Waals surface area contributed by atoms with Gasteiger partial charge in [-0.3, -0.25) is 9.78 Å². The maximum Gasteiger partial charge on any atom is 0.255 e. The van der Waals surface area contributed by atoms with E-state index in [1.54, 1.807) is 18.5 Å². The van der Waals surface area contributed by atoms with Crippen LogP contribution in [0.25, 0.3) is 17.2 Å². The maximum atomic E-state index is 12.7. The van der Waals surface area contributed by atoms with Gasteiger partial charge in [-0.15, -0.1) is 0 Å². The van der Waals surface area contributed by atoms with Gasteiger partial charge in [-0.25, -0.2) is 0 Å². The number of ether oxygens (including phenoxy) is 1. The summed E-state index contributed by atoms with van der Waals surface area (Å²) in [6.07, 6.45) is 9.23. The van der Waals surface area contributed by atoms with Crippen LogP contribution in [0.15, 0.2) is 79.1 Å². The zero-order chi connectivity index (χ0) is 19.7. The molecule has 2 aliphatic heterocycles. The van der Waals surface area contributed by atoms with E-state index >= 15 is 0 Å². The highest BCUT2D eigenvalue weighted by atomic mass is 16.5. The molecule has 5 rings (SSSR count). The third-order valence-electron chi connectivity index (χ3n) is 5.80. The smallest absolute Gasteiger partial charge is 0.255 e. The van der Waals surface area contributed by atoms with Crippen molar-refractivity contribution in [3.63, 3.8) is 0 Å². The minimum atomic E-state index is -0.326. The van der Waals surface area contributed by atoms with Gasteiger partial charge in [0.25, 0.3) is 5.91 Å². The molecule has 0 unspecified atom stereocenters. The summed E-state index contributed by atoms with van der Waals surface area (Å²) in [5.41, 5.74) is 3.80. The second kappa shape index (κ2) is 7.21. The number of benzene rings is 2. The summed E-state index contributed by atoms with van der Waals surface area (Å²) in [5, 5.41) is 0. The first-order chi connectivity index (χ1) is 14.2. The molecule has 1 amide bonds. The molecule has 1 fully saturated rings. The zero-order valence-electron chi connectivity index (χ0n) is 16.1. The van der Waals surface area contributed by atoms with Crippen LogP contribution >= 0.6 is 0 Å². The van der Waals surface area contributed by atoms with E-state index in [4.69, 9.17) is 4.74 Å². The number of nitrogens with zero attached hydrogens (tertiary/aromatic N) is 2. The van der Waals surface area contributed by atoms with Crippen molar-refractivity contribution in [2.45, 2.75) is 18.4 Å².